The van der Waals surface area contributed by atoms with Crippen molar-refractivity contribution >= 4 is 17.7 Å². The van der Waals surface area contributed by atoms with Crippen LogP contribution in [-0.4, -0.2) is 23.8 Å². The summed E-state index contributed by atoms with van der Waals surface area (Å²) in [7, 11) is 0. The Labute approximate surface area is 144 Å². The first-order chi connectivity index (χ1) is 9.97. The summed E-state index contributed by atoms with van der Waals surface area (Å²) < 4.78 is 0. The van der Waals surface area contributed by atoms with E-state index < -0.39 is 17.9 Å². The fourth-order valence-corrected chi connectivity index (χ4v) is 2.15. The summed E-state index contributed by atoms with van der Waals surface area (Å²) >= 11 is 0. The minimum Gasteiger partial charge on any atom is -0.699 e. The van der Waals surface area contributed by atoms with Crippen LogP contribution in [0.5, 0.6) is 0 Å². The smallest absolute Gasteiger partial charge is 0.699 e. The largest absolute Gasteiger partial charge is 2.00 e. The summed E-state index contributed by atoms with van der Waals surface area (Å²) in [5.74, 6) is -0.991. The van der Waals surface area contributed by atoms with E-state index in [-0.39, 0.29) is 39.8 Å². The summed E-state index contributed by atoms with van der Waals surface area (Å²) in [6.07, 6.45) is 9.77. The molecule has 0 saturated carbocycles. The van der Waals surface area contributed by atoms with Gasteiger partial charge in [-0.15, -0.1) is 11.6 Å². The Bertz CT molecular complexity index is 562. The van der Waals surface area contributed by atoms with Gasteiger partial charge in [-0.3, -0.25) is 14.9 Å². The number of imide groups is 1. The van der Waals surface area contributed by atoms with Crippen molar-refractivity contribution in [3.8, 4) is 0 Å². The van der Waals surface area contributed by atoms with Crippen molar-refractivity contribution in [3.05, 3.63) is 40.8 Å². The molecule has 0 bridgehead atoms. The molecule has 1 heterocycles. The fourth-order valence-electron chi connectivity index (χ4n) is 2.15. The average Bonchev–Trinajstić information content (AvgIpc) is 2.68. The number of nitrogens with zero attached hydrogens (tertiary/aromatic N) is 1. The molecule has 1 aliphatic heterocycles. The number of rotatable bonds is 3. The van der Waals surface area contributed by atoms with Crippen LogP contribution in [0.2, 0.25) is 0 Å². The van der Waals surface area contributed by atoms with Gasteiger partial charge in [-0.1, -0.05) is 19.9 Å². The minimum absolute atomic E-state index is 0. The first kappa shape index (κ1) is 18.6. The quantitative estimate of drug-likeness (QED) is 0.507. The van der Waals surface area contributed by atoms with Crippen LogP contribution in [0.1, 0.15) is 33.1 Å². The predicted octanol–water partition coefficient (Wildman–Crippen LogP) is 1.96. The van der Waals surface area contributed by atoms with Crippen molar-refractivity contribution in [3.63, 3.8) is 0 Å². The molecule has 1 aliphatic carbocycles. The summed E-state index contributed by atoms with van der Waals surface area (Å²) in [5, 5.41) is 6.12. The molecular weight excluding hydrogens is 452 g/mol. The molecule has 0 aromatic heterocycles. The Balaban J connectivity index is 0.00000242. The van der Waals surface area contributed by atoms with Crippen molar-refractivity contribution in [2.45, 2.75) is 39.2 Å². The van der Waals surface area contributed by atoms with E-state index in [9.17, 15) is 14.4 Å². The molecule has 0 aromatic rings. The van der Waals surface area contributed by atoms with Crippen LogP contribution < -0.4 is 5.32 Å². The molecule has 1 fully saturated rings. The minimum atomic E-state index is -0.785. The van der Waals surface area contributed by atoms with E-state index in [1.165, 1.54) is 0 Å². The number of carbonyl (C=O) groups excluding carboxylic acids is 3. The van der Waals surface area contributed by atoms with E-state index in [0.29, 0.717) is 11.5 Å². The third kappa shape index (κ3) is 4.77. The zero-order valence-electron chi connectivity index (χ0n) is 12.6. The van der Waals surface area contributed by atoms with Crippen LogP contribution in [0, 0.1) is 12.0 Å². The number of hydrogen-bond acceptors (Lipinski definition) is 3. The van der Waals surface area contributed by atoms with Gasteiger partial charge in [0.05, 0.1) is 0 Å². The van der Waals surface area contributed by atoms with Crippen molar-refractivity contribution in [1.29, 1.82) is 0 Å². The number of amides is 3. The molecule has 2 aliphatic rings. The third-order valence-corrected chi connectivity index (χ3v) is 3.44. The number of piperidine rings is 1. The molecule has 1 saturated heterocycles. The number of allylic oxidation sites excluding steroid dienone is 4. The normalized spacial score (nSPS) is 21.3. The molecular formula is C16H18N2O3W. The molecule has 116 valence electrons. The van der Waals surface area contributed by atoms with Crippen molar-refractivity contribution in [1.82, 2.24) is 5.32 Å². The average molecular weight is 470 g/mol. The zero-order valence-corrected chi connectivity index (χ0v) is 15.5. The Morgan fingerprint density at radius 2 is 2.14 bits per heavy atom. The fraction of sp³-hybridized carbons (Fsp3) is 0.438. The van der Waals surface area contributed by atoms with Gasteiger partial charge in [-0.2, -0.15) is 17.7 Å². The van der Waals surface area contributed by atoms with Gasteiger partial charge in [-0.25, -0.2) is 0 Å². The van der Waals surface area contributed by atoms with Crippen LogP contribution in [-0.2, 0) is 35.4 Å². The maximum absolute atomic E-state index is 12.2. The van der Waals surface area contributed by atoms with Gasteiger partial charge in [0.1, 0.15) is 0 Å². The van der Waals surface area contributed by atoms with Crippen LogP contribution >= 0.6 is 0 Å². The molecule has 0 spiro atoms. The van der Waals surface area contributed by atoms with Gasteiger partial charge in [-0.05, 0) is 30.7 Å². The van der Waals surface area contributed by atoms with Crippen molar-refractivity contribution < 1.29 is 35.4 Å². The van der Waals surface area contributed by atoms with Crippen molar-refractivity contribution in [2.75, 3.05) is 0 Å². The molecule has 2 rings (SSSR count). The van der Waals surface area contributed by atoms with E-state index in [4.69, 9.17) is 0 Å². The van der Waals surface area contributed by atoms with Crippen LogP contribution in [0.15, 0.2) is 29.4 Å². The standard InChI is InChI=1S/C16H19N2O3.W/c1-10(2)11-5-3-4-6-12(9-11)15(20)17-13-7-8-14(19)18-16(13)21;/h3-4,6,10,13H,5,7-8H2,1-2H3,(H2,17,18,19,20,21);/q-1;+2/p-1. The number of hydrogen-bond donors (Lipinski definition) is 1. The van der Waals surface area contributed by atoms with Crippen LogP contribution in [0.4, 0.5) is 0 Å². The van der Waals surface area contributed by atoms with Gasteiger partial charge in [0.15, 0.2) is 0 Å². The summed E-state index contributed by atoms with van der Waals surface area (Å²) in [4.78, 5) is 34.9. The van der Waals surface area contributed by atoms with E-state index in [1.807, 2.05) is 19.9 Å². The first-order valence-corrected chi connectivity index (χ1v) is 7.06. The van der Waals surface area contributed by atoms with Gasteiger partial charge in [0.2, 0.25) is 11.8 Å². The molecule has 0 radical (unpaired) electrons. The molecule has 3 amide bonds. The second-order valence-corrected chi connectivity index (χ2v) is 5.42. The van der Waals surface area contributed by atoms with Gasteiger partial charge in [0.25, 0.3) is 0 Å². The number of nitrogens with one attached hydrogen (secondary N) is 1. The van der Waals surface area contributed by atoms with E-state index in [1.54, 1.807) is 12.2 Å². The summed E-state index contributed by atoms with van der Waals surface area (Å²) in [5.41, 5.74) is 1.39. The molecule has 22 heavy (non-hydrogen) atoms. The maximum atomic E-state index is 12.2. The summed E-state index contributed by atoms with van der Waals surface area (Å²) in [6.45, 7) is 4.09. The molecule has 1 atom stereocenters. The van der Waals surface area contributed by atoms with E-state index in [0.717, 1.165) is 12.0 Å². The van der Waals surface area contributed by atoms with Gasteiger partial charge < -0.3 is 10.1 Å². The van der Waals surface area contributed by atoms with E-state index >= 15 is 0 Å². The molecule has 1 unspecified atom stereocenters. The van der Waals surface area contributed by atoms with E-state index in [2.05, 4.69) is 16.7 Å². The van der Waals surface area contributed by atoms with Gasteiger partial charge >= 0.3 is 21.1 Å². The second kappa shape index (κ2) is 8.23. The Kier molecular flexibility index (Phi) is 6.95. The monoisotopic (exact) mass is 470 g/mol. The SMILES string of the molecule is CC(C)C1=[C-]C(C(=O)[N-]C2CCC(=O)NC2=O)=CC=CC1.[W+2]. The van der Waals surface area contributed by atoms with Gasteiger partial charge in [0, 0.05) is 6.42 Å². The molecule has 0 aromatic carbocycles. The molecule has 5 nitrogen and oxygen atoms in total. The number of carbonyl (C=O) groups is 3. The molecule has 6 heteroatoms. The Morgan fingerprint density at radius 3 is 2.77 bits per heavy atom. The third-order valence-electron chi connectivity index (χ3n) is 3.44. The Morgan fingerprint density at radius 1 is 1.41 bits per heavy atom. The predicted molar refractivity (Wildman–Crippen MR) is 78.0 cm³/mol. The van der Waals surface area contributed by atoms with Crippen LogP contribution in [0.3, 0.4) is 0 Å². The van der Waals surface area contributed by atoms with Crippen molar-refractivity contribution in [2.24, 2.45) is 5.92 Å². The van der Waals surface area contributed by atoms with Crippen LogP contribution in [0.25, 0.3) is 5.32 Å². The Hall–Kier alpha value is -1.48. The topological polar surface area (TPSA) is 77.3 Å². The first-order valence-electron chi connectivity index (χ1n) is 7.06. The second-order valence-electron chi connectivity index (χ2n) is 5.42. The zero-order chi connectivity index (χ0) is 15.4. The molecule has 1 N–H and O–H groups in total. The maximum Gasteiger partial charge on any atom is 2.00 e. The summed E-state index contributed by atoms with van der Waals surface area (Å²) in [6, 6.07) is -0.785.